The third-order valence-electron chi connectivity index (χ3n) is 3.04. The van der Waals surface area contributed by atoms with Gasteiger partial charge in [-0.25, -0.2) is 0 Å². The molecular formula is C16H15BrClIO. The second-order valence-corrected chi connectivity index (χ2v) is 6.89. The van der Waals surface area contributed by atoms with Crippen LogP contribution in [-0.2, 0) is 0 Å². The quantitative estimate of drug-likeness (QED) is 0.392. The Hall–Kier alpha value is -0.260. The molecule has 0 bridgehead atoms. The summed E-state index contributed by atoms with van der Waals surface area (Å²) in [5.74, 6) is 0.841. The first-order valence-electron chi connectivity index (χ1n) is 6.36. The van der Waals surface area contributed by atoms with Gasteiger partial charge in [0.2, 0.25) is 0 Å². The molecule has 0 fully saturated rings. The summed E-state index contributed by atoms with van der Waals surface area (Å²) in [6.07, 6.45) is 0. The standard InChI is InChI=1S/C16H15BrClIO/c1-3-20-14-8-7-11(17)9-13(14)15(18)12-6-4-5-10(2)16(12)19/h4-9,15H,3H2,1-2H3. The zero-order chi connectivity index (χ0) is 14.7. The lowest BCUT2D eigenvalue weighted by Crippen LogP contribution is -2.02. The summed E-state index contributed by atoms with van der Waals surface area (Å²) in [5.41, 5.74) is 3.35. The number of alkyl halides is 1. The highest BCUT2D eigenvalue weighted by Crippen LogP contribution is 2.39. The van der Waals surface area contributed by atoms with Crippen molar-refractivity contribution in [3.8, 4) is 5.75 Å². The van der Waals surface area contributed by atoms with Crippen molar-refractivity contribution >= 4 is 50.1 Å². The summed E-state index contributed by atoms with van der Waals surface area (Å²) < 4.78 is 7.90. The van der Waals surface area contributed by atoms with Gasteiger partial charge in [-0.05, 0) is 65.8 Å². The minimum absolute atomic E-state index is 0.221. The molecule has 0 N–H and O–H groups in total. The Labute approximate surface area is 146 Å². The molecule has 2 aromatic rings. The van der Waals surface area contributed by atoms with E-state index < -0.39 is 0 Å². The highest BCUT2D eigenvalue weighted by molar-refractivity contribution is 14.1. The van der Waals surface area contributed by atoms with Crippen molar-refractivity contribution in [2.24, 2.45) is 0 Å². The summed E-state index contributed by atoms with van der Waals surface area (Å²) in [4.78, 5) is 0. The maximum absolute atomic E-state index is 6.72. The number of aryl methyl sites for hydroxylation is 1. The molecule has 1 unspecified atom stereocenters. The summed E-state index contributed by atoms with van der Waals surface area (Å²) in [5, 5.41) is -0.221. The highest BCUT2D eigenvalue weighted by Gasteiger charge is 2.19. The van der Waals surface area contributed by atoms with Crippen LogP contribution in [-0.4, -0.2) is 6.61 Å². The second kappa shape index (κ2) is 7.14. The molecule has 0 aliphatic heterocycles. The van der Waals surface area contributed by atoms with Gasteiger partial charge in [-0.3, -0.25) is 0 Å². The minimum atomic E-state index is -0.221. The van der Waals surface area contributed by atoms with Gasteiger partial charge < -0.3 is 4.74 Å². The number of halogens is 3. The van der Waals surface area contributed by atoms with Crippen LogP contribution < -0.4 is 4.74 Å². The van der Waals surface area contributed by atoms with Gasteiger partial charge in [0.15, 0.2) is 0 Å². The van der Waals surface area contributed by atoms with E-state index in [9.17, 15) is 0 Å². The molecule has 2 rings (SSSR count). The van der Waals surface area contributed by atoms with Gasteiger partial charge >= 0.3 is 0 Å². The SMILES string of the molecule is CCOc1ccc(Br)cc1C(Cl)c1cccc(C)c1I. The van der Waals surface area contributed by atoms with Crippen LogP contribution in [0.15, 0.2) is 40.9 Å². The van der Waals surface area contributed by atoms with Crippen molar-refractivity contribution in [3.05, 3.63) is 61.1 Å². The first-order chi connectivity index (χ1) is 9.54. The van der Waals surface area contributed by atoms with Crippen LogP contribution in [0.2, 0.25) is 0 Å². The molecule has 0 spiro atoms. The molecule has 20 heavy (non-hydrogen) atoms. The summed E-state index contributed by atoms with van der Waals surface area (Å²) in [7, 11) is 0. The van der Waals surface area contributed by atoms with Crippen molar-refractivity contribution < 1.29 is 4.74 Å². The average Bonchev–Trinajstić information content (AvgIpc) is 2.43. The number of hydrogen-bond donors (Lipinski definition) is 0. The molecule has 0 amide bonds. The van der Waals surface area contributed by atoms with E-state index in [1.165, 1.54) is 9.13 Å². The predicted molar refractivity (Wildman–Crippen MR) is 96.9 cm³/mol. The molecule has 4 heteroatoms. The van der Waals surface area contributed by atoms with E-state index in [1.807, 2.05) is 31.2 Å². The van der Waals surface area contributed by atoms with Crippen LogP contribution in [0.3, 0.4) is 0 Å². The maximum Gasteiger partial charge on any atom is 0.124 e. The molecule has 0 saturated carbocycles. The van der Waals surface area contributed by atoms with Crippen LogP contribution in [0.4, 0.5) is 0 Å². The Morgan fingerprint density at radius 3 is 2.70 bits per heavy atom. The van der Waals surface area contributed by atoms with Gasteiger partial charge in [-0.15, -0.1) is 11.6 Å². The van der Waals surface area contributed by atoms with Crippen LogP contribution in [0.25, 0.3) is 0 Å². The predicted octanol–water partition coefficient (Wildman–Crippen LogP) is 6.09. The fraction of sp³-hybridized carbons (Fsp3) is 0.250. The van der Waals surface area contributed by atoms with Gasteiger partial charge in [-0.1, -0.05) is 34.1 Å². The van der Waals surface area contributed by atoms with Crippen LogP contribution in [0.5, 0.6) is 5.75 Å². The molecule has 1 atom stereocenters. The van der Waals surface area contributed by atoms with E-state index >= 15 is 0 Å². The molecule has 2 aromatic carbocycles. The van der Waals surface area contributed by atoms with E-state index in [0.717, 1.165) is 21.3 Å². The molecule has 0 saturated heterocycles. The fourth-order valence-corrected chi connectivity index (χ4v) is 3.62. The molecular weight excluding hydrogens is 450 g/mol. The Morgan fingerprint density at radius 1 is 1.25 bits per heavy atom. The Kier molecular flexibility index (Phi) is 5.75. The van der Waals surface area contributed by atoms with Crippen LogP contribution >= 0.6 is 50.1 Å². The zero-order valence-corrected chi connectivity index (χ0v) is 15.8. The lowest BCUT2D eigenvalue weighted by atomic mass is 10.0. The molecule has 0 aliphatic carbocycles. The summed E-state index contributed by atoms with van der Waals surface area (Å²) in [6.45, 7) is 4.70. The monoisotopic (exact) mass is 464 g/mol. The average molecular weight is 466 g/mol. The van der Waals surface area contributed by atoms with Crippen LogP contribution in [0, 0.1) is 10.5 Å². The zero-order valence-electron chi connectivity index (χ0n) is 11.3. The lowest BCUT2D eigenvalue weighted by Gasteiger charge is -2.18. The van der Waals surface area contributed by atoms with Gasteiger partial charge in [0.25, 0.3) is 0 Å². The maximum atomic E-state index is 6.72. The van der Waals surface area contributed by atoms with Crippen molar-refractivity contribution in [2.45, 2.75) is 19.2 Å². The van der Waals surface area contributed by atoms with Gasteiger partial charge in [-0.2, -0.15) is 0 Å². The third-order valence-corrected chi connectivity index (χ3v) is 5.48. The molecule has 0 radical (unpaired) electrons. The molecule has 0 aliphatic rings. The van der Waals surface area contributed by atoms with E-state index in [2.05, 4.69) is 57.6 Å². The van der Waals surface area contributed by atoms with Gasteiger partial charge in [0.05, 0.1) is 12.0 Å². The molecule has 106 valence electrons. The van der Waals surface area contributed by atoms with E-state index in [-0.39, 0.29) is 5.38 Å². The Balaban J connectivity index is 2.49. The topological polar surface area (TPSA) is 9.23 Å². The first-order valence-corrected chi connectivity index (χ1v) is 8.66. The normalized spacial score (nSPS) is 12.2. The van der Waals surface area contributed by atoms with Crippen molar-refractivity contribution in [3.63, 3.8) is 0 Å². The number of rotatable bonds is 4. The summed E-state index contributed by atoms with van der Waals surface area (Å²) in [6, 6.07) is 12.2. The third kappa shape index (κ3) is 3.49. The van der Waals surface area contributed by atoms with E-state index in [1.54, 1.807) is 0 Å². The number of benzene rings is 2. The smallest absolute Gasteiger partial charge is 0.124 e. The van der Waals surface area contributed by atoms with E-state index in [0.29, 0.717) is 6.61 Å². The van der Waals surface area contributed by atoms with Crippen molar-refractivity contribution in [2.75, 3.05) is 6.61 Å². The largest absolute Gasteiger partial charge is 0.494 e. The van der Waals surface area contributed by atoms with Gasteiger partial charge in [0.1, 0.15) is 5.75 Å². The Bertz CT molecular complexity index is 615. The van der Waals surface area contributed by atoms with Crippen molar-refractivity contribution in [1.82, 2.24) is 0 Å². The Morgan fingerprint density at radius 2 is 2.00 bits per heavy atom. The number of hydrogen-bond acceptors (Lipinski definition) is 1. The van der Waals surface area contributed by atoms with Gasteiger partial charge in [0, 0.05) is 13.6 Å². The molecule has 1 nitrogen and oxygen atoms in total. The first kappa shape index (κ1) is 16.1. The lowest BCUT2D eigenvalue weighted by molar-refractivity contribution is 0.337. The van der Waals surface area contributed by atoms with Crippen molar-refractivity contribution in [1.29, 1.82) is 0 Å². The molecule has 0 heterocycles. The number of ether oxygens (including phenoxy) is 1. The van der Waals surface area contributed by atoms with Crippen LogP contribution in [0.1, 0.15) is 29.0 Å². The highest BCUT2D eigenvalue weighted by atomic mass is 127. The molecule has 0 aromatic heterocycles. The van der Waals surface area contributed by atoms with E-state index in [4.69, 9.17) is 16.3 Å². The minimum Gasteiger partial charge on any atom is -0.494 e. The summed E-state index contributed by atoms with van der Waals surface area (Å²) >= 11 is 12.6. The second-order valence-electron chi connectivity index (χ2n) is 4.46. The fourth-order valence-electron chi connectivity index (χ4n) is 2.04.